The molecular weight excluding hydrogens is 214 g/mol. The summed E-state index contributed by atoms with van der Waals surface area (Å²) in [6.07, 6.45) is 6.17. The summed E-state index contributed by atoms with van der Waals surface area (Å²) in [5, 5.41) is 4.58. The van der Waals surface area contributed by atoms with Crippen LogP contribution in [0.5, 0.6) is 0 Å². The molecule has 3 nitrogen and oxygen atoms in total. The first kappa shape index (κ1) is 10.1. The molecule has 0 aliphatic heterocycles. The Morgan fingerprint density at radius 1 is 1.64 bits per heavy atom. The standard InChI is InChI=1S/C9H15N3S2/c1-13-7-8(10)12-14-9(7)11-5-6-3-2-4-6/h6,11H,2-5H2,1H3,(H2,10,12). The predicted octanol–water partition coefficient (Wildman–Crippen LogP) is 2.66. The molecule has 1 fully saturated rings. The lowest BCUT2D eigenvalue weighted by Gasteiger charge is -2.25. The van der Waals surface area contributed by atoms with E-state index in [2.05, 4.69) is 9.69 Å². The maximum atomic E-state index is 5.74. The van der Waals surface area contributed by atoms with Gasteiger partial charge in [-0.3, -0.25) is 0 Å². The summed E-state index contributed by atoms with van der Waals surface area (Å²) in [7, 11) is 0. The van der Waals surface area contributed by atoms with Gasteiger partial charge in [-0.15, -0.1) is 11.8 Å². The molecule has 3 N–H and O–H groups in total. The molecule has 1 saturated carbocycles. The highest BCUT2D eigenvalue weighted by atomic mass is 32.2. The van der Waals surface area contributed by atoms with Crippen LogP contribution in [0.2, 0.25) is 0 Å². The van der Waals surface area contributed by atoms with E-state index in [1.807, 2.05) is 6.26 Å². The fourth-order valence-electron chi connectivity index (χ4n) is 1.54. The van der Waals surface area contributed by atoms with E-state index in [1.165, 1.54) is 30.8 Å². The number of aromatic nitrogens is 1. The molecule has 14 heavy (non-hydrogen) atoms. The van der Waals surface area contributed by atoms with Crippen LogP contribution in [0.1, 0.15) is 19.3 Å². The fraction of sp³-hybridized carbons (Fsp3) is 0.667. The van der Waals surface area contributed by atoms with E-state index in [-0.39, 0.29) is 0 Å². The zero-order valence-electron chi connectivity index (χ0n) is 8.25. The van der Waals surface area contributed by atoms with Gasteiger partial charge in [0.25, 0.3) is 0 Å². The van der Waals surface area contributed by atoms with Crippen molar-refractivity contribution < 1.29 is 0 Å². The first-order chi connectivity index (χ1) is 6.81. The molecule has 0 amide bonds. The molecule has 0 saturated heterocycles. The maximum Gasteiger partial charge on any atom is 0.153 e. The molecule has 0 bridgehead atoms. The Morgan fingerprint density at radius 2 is 2.43 bits per heavy atom. The molecule has 0 aromatic carbocycles. The second kappa shape index (κ2) is 4.40. The third-order valence-corrected chi connectivity index (χ3v) is 4.42. The monoisotopic (exact) mass is 229 g/mol. The van der Waals surface area contributed by atoms with Crippen LogP contribution in [0.3, 0.4) is 0 Å². The van der Waals surface area contributed by atoms with Crippen LogP contribution in [0.15, 0.2) is 4.90 Å². The lowest BCUT2D eigenvalue weighted by atomic mass is 9.85. The Balaban J connectivity index is 1.93. The van der Waals surface area contributed by atoms with E-state index in [1.54, 1.807) is 11.8 Å². The number of nitrogens with one attached hydrogen (secondary N) is 1. The average Bonchev–Trinajstić information content (AvgIpc) is 2.44. The molecule has 0 unspecified atom stereocenters. The van der Waals surface area contributed by atoms with Gasteiger partial charge in [-0.05, 0) is 36.5 Å². The zero-order chi connectivity index (χ0) is 9.97. The van der Waals surface area contributed by atoms with E-state index >= 15 is 0 Å². The van der Waals surface area contributed by atoms with Crippen LogP contribution in [-0.2, 0) is 0 Å². The van der Waals surface area contributed by atoms with Gasteiger partial charge in [-0.25, -0.2) is 0 Å². The molecule has 1 heterocycles. The van der Waals surface area contributed by atoms with Gasteiger partial charge < -0.3 is 11.1 Å². The molecule has 5 heteroatoms. The summed E-state index contributed by atoms with van der Waals surface area (Å²) in [5.41, 5.74) is 5.74. The van der Waals surface area contributed by atoms with E-state index in [0.29, 0.717) is 5.82 Å². The minimum absolute atomic E-state index is 0.665. The van der Waals surface area contributed by atoms with Gasteiger partial charge in [0, 0.05) is 6.54 Å². The second-order valence-electron chi connectivity index (χ2n) is 3.61. The summed E-state index contributed by atoms with van der Waals surface area (Å²) >= 11 is 3.14. The van der Waals surface area contributed by atoms with Crippen molar-refractivity contribution in [3.63, 3.8) is 0 Å². The van der Waals surface area contributed by atoms with Gasteiger partial charge in [0.2, 0.25) is 0 Å². The second-order valence-corrected chi connectivity index (χ2v) is 5.20. The normalized spacial score (nSPS) is 16.6. The highest BCUT2D eigenvalue weighted by Crippen LogP contribution is 2.35. The molecule has 1 aliphatic carbocycles. The SMILES string of the molecule is CSc1c(N)nsc1NCC1CCC1. The average molecular weight is 229 g/mol. The number of nitrogen functional groups attached to an aromatic ring is 1. The third kappa shape index (κ3) is 1.98. The fourth-order valence-corrected chi connectivity index (χ4v) is 3.09. The summed E-state index contributed by atoms with van der Waals surface area (Å²) in [5.74, 6) is 1.53. The largest absolute Gasteiger partial charge is 0.382 e. The summed E-state index contributed by atoms with van der Waals surface area (Å²) in [6, 6.07) is 0. The Hall–Kier alpha value is -0.420. The zero-order valence-corrected chi connectivity index (χ0v) is 9.88. The number of thioether (sulfide) groups is 1. The number of hydrogen-bond donors (Lipinski definition) is 2. The van der Waals surface area contributed by atoms with Gasteiger partial charge in [0.05, 0.1) is 4.90 Å². The van der Waals surface area contributed by atoms with Crippen LogP contribution in [0, 0.1) is 5.92 Å². The van der Waals surface area contributed by atoms with Crippen molar-refractivity contribution >= 4 is 34.1 Å². The molecule has 2 rings (SSSR count). The first-order valence-electron chi connectivity index (χ1n) is 4.84. The van der Waals surface area contributed by atoms with Gasteiger partial charge in [0.15, 0.2) is 5.82 Å². The van der Waals surface area contributed by atoms with Crippen LogP contribution in [0.25, 0.3) is 0 Å². The lowest BCUT2D eigenvalue weighted by molar-refractivity contribution is 0.333. The summed E-state index contributed by atoms with van der Waals surface area (Å²) < 4.78 is 4.15. The topological polar surface area (TPSA) is 50.9 Å². The van der Waals surface area contributed by atoms with Crippen LogP contribution < -0.4 is 11.1 Å². The molecule has 1 aromatic rings. The minimum Gasteiger partial charge on any atom is -0.382 e. The van der Waals surface area contributed by atoms with Crippen molar-refractivity contribution in [3.8, 4) is 0 Å². The highest BCUT2D eigenvalue weighted by Gasteiger charge is 2.18. The third-order valence-electron chi connectivity index (χ3n) is 2.65. The predicted molar refractivity (Wildman–Crippen MR) is 64.1 cm³/mol. The molecule has 78 valence electrons. The number of anilines is 2. The van der Waals surface area contributed by atoms with Gasteiger partial charge >= 0.3 is 0 Å². The maximum absolute atomic E-state index is 5.74. The van der Waals surface area contributed by atoms with E-state index in [9.17, 15) is 0 Å². The minimum atomic E-state index is 0.665. The van der Waals surface area contributed by atoms with E-state index < -0.39 is 0 Å². The van der Waals surface area contributed by atoms with Crippen molar-refractivity contribution in [1.82, 2.24) is 4.37 Å². The van der Waals surface area contributed by atoms with Crippen molar-refractivity contribution in [2.75, 3.05) is 23.9 Å². The Morgan fingerprint density at radius 3 is 3.00 bits per heavy atom. The number of rotatable bonds is 4. The quantitative estimate of drug-likeness (QED) is 0.779. The molecule has 0 radical (unpaired) electrons. The van der Waals surface area contributed by atoms with E-state index in [0.717, 1.165) is 22.4 Å². The molecule has 1 aliphatic rings. The Bertz CT molecular complexity index is 307. The molecule has 1 aromatic heterocycles. The highest BCUT2D eigenvalue weighted by molar-refractivity contribution is 7.99. The van der Waals surface area contributed by atoms with Crippen LogP contribution in [0.4, 0.5) is 10.8 Å². The van der Waals surface area contributed by atoms with Crippen molar-refractivity contribution in [2.24, 2.45) is 5.92 Å². The Labute approximate surface area is 92.6 Å². The van der Waals surface area contributed by atoms with Crippen molar-refractivity contribution in [1.29, 1.82) is 0 Å². The van der Waals surface area contributed by atoms with E-state index in [4.69, 9.17) is 5.73 Å². The van der Waals surface area contributed by atoms with Crippen LogP contribution >= 0.6 is 23.3 Å². The first-order valence-corrected chi connectivity index (χ1v) is 6.84. The molecular formula is C9H15N3S2. The molecule has 0 atom stereocenters. The Kier molecular flexibility index (Phi) is 3.18. The van der Waals surface area contributed by atoms with Crippen LogP contribution in [-0.4, -0.2) is 17.2 Å². The van der Waals surface area contributed by atoms with Gasteiger partial charge in [-0.2, -0.15) is 4.37 Å². The summed E-state index contributed by atoms with van der Waals surface area (Å²) in [4.78, 5) is 1.11. The summed E-state index contributed by atoms with van der Waals surface area (Å²) in [6.45, 7) is 1.08. The number of hydrogen-bond acceptors (Lipinski definition) is 5. The molecule has 0 spiro atoms. The van der Waals surface area contributed by atoms with Crippen molar-refractivity contribution in [2.45, 2.75) is 24.2 Å². The van der Waals surface area contributed by atoms with Gasteiger partial charge in [-0.1, -0.05) is 6.42 Å². The van der Waals surface area contributed by atoms with Gasteiger partial charge in [0.1, 0.15) is 5.00 Å². The number of nitrogens with two attached hydrogens (primary N) is 1. The van der Waals surface area contributed by atoms with Crippen molar-refractivity contribution in [3.05, 3.63) is 0 Å². The lowest BCUT2D eigenvalue weighted by Crippen LogP contribution is -2.20. The smallest absolute Gasteiger partial charge is 0.153 e. The number of nitrogens with zero attached hydrogens (tertiary/aromatic N) is 1.